The van der Waals surface area contributed by atoms with Crippen molar-refractivity contribution in [1.82, 2.24) is 10.6 Å². The molecule has 29 heavy (non-hydrogen) atoms. The highest BCUT2D eigenvalue weighted by atomic mass is 19.1. The van der Waals surface area contributed by atoms with Gasteiger partial charge in [-0.15, -0.1) is 0 Å². The van der Waals surface area contributed by atoms with E-state index in [0.29, 0.717) is 18.4 Å². The molecule has 5 aliphatic rings. The Bertz CT molecular complexity index is 730. The summed E-state index contributed by atoms with van der Waals surface area (Å²) in [6.45, 7) is 9.23. The number of halogens is 1. The van der Waals surface area contributed by atoms with E-state index in [1.54, 1.807) is 0 Å². The van der Waals surface area contributed by atoms with Crippen LogP contribution in [0.5, 0.6) is 0 Å². The molecule has 0 aromatic carbocycles. The van der Waals surface area contributed by atoms with Crippen molar-refractivity contribution in [2.75, 3.05) is 13.2 Å². The van der Waals surface area contributed by atoms with E-state index in [2.05, 4.69) is 30.2 Å². The Hall–Kier alpha value is -1.42. The molecule has 0 aromatic rings. The van der Waals surface area contributed by atoms with Crippen molar-refractivity contribution >= 4 is 5.91 Å². The molecule has 0 spiro atoms. The fourth-order valence-corrected chi connectivity index (χ4v) is 7.46. The summed E-state index contributed by atoms with van der Waals surface area (Å²) in [5.41, 5.74) is 0.208. The third kappa shape index (κ3) is 3.73. The van der Waals surface area contributed by atoms with Crippen LogP contribution in [0.2, 0.25) is 0 Å². The fraction of sp³-hybridized carbons (Fsp3) is 0.720. The molecule has 6 atom stereocenters. The monoisotopic (exact) mass is 400 g/mol. The number of carbonyl (C=O) groups is 1. The molecule has 4 saturated carbocycles. The van der Waals surface area contributed by atoms with E-state index in [0.717, 1.165) is 57.1 Å². The zero-order valence-corrected chi connectivity index (χ0v) is 18.1. The van der Waals surface area contributed by atoms with Gasteiger partial charge in [0.05, 0.1) is 12.1 Å². The maximum atomic E-state index is 14.4. The van der Waals surface area contributed by atoms with Crippen molar-refractivity contribution in [2.24, 2.45) is 22.2 Å². The highest BCUT2D eigenvalue weighted by Gasteiger charge is 2.66. The smallest absolute Gasteiger partial charge is 0.226 e. The lowest BCUT2D eigenvalue weighted by molar-refractivity contribution is -0.172. The third-order valence-electron chi connectivity index (χ3n) is 8.19. The molecule has 4 bridgehead atoms. The number of rotatable bonds is 6. The number of amides is 1. The van der Waals surface area contributed by atoms with E-state index >= 15 is 0 Å². The van der Waals surface area contributed by atoms with Crippen molar-refractivity contribution in [3.8, 4) is 0 Å². The van der Waals surface area contributed by atoms with Crippen LogP contribution >= 0.6 is 0 Å². The molecule has 2 N–H and O–H groups in total. The van der Waals surface area contributed by atoms with Gasteiger partial charge in [-0.25, -0.2) is 0 Å². The standard InChI is InChI=1S/C25H37FN2O/c1-4-5-6-7-18(2)24-12-20-11-23(14-24,17-26)15-25(13-20,16-24)22(29)28-21-8-9-27-19(3)10-21/h4-7,19-21,27H,2,8-17H2,1,3H3,(H,28,29)/b5-4-,7-6-/t19-,20?,21+,23-,24+,25?/m0/s1. The van der Waals surface area contributed by atoms with E-state index < -0.39 is 5.41 Å². The molecule has 4 aliphatic carbocycles. The molecular weight excluding hydrogens is 363 g/mol. The summed E-state index contributed by atoms with van der Waals surface area (Å²) in [6.07, 6.45) is 15.4. The Morgan fingerprint density at radius 3 is 2.69 bits per heavy atom. The van der Waals surface area contributed by atoms with Gasteiger partial charge in [0.15, 0.2) is 0 Å². The molecule has 5 rings (SSSR count). The van der Waals surface area contributed by atoms with Gasteiger partial charge in [-0.1, -0.05) is 30.9 Å². The lowest BCUT2D eigenvalue weighted by atomic mass is 9.38. The Morgan fingerprint density at radius 1 is 1.21 bits per heavy atom. The molecule has 2 unspecified atom stereocenters. The highest BCUT2D eigenvalue weighted by Crippen LogP contribution is 2.71. The zero-order valence-electron chi connectivity index (χ0n) is 18.1. The molecule has 160 valence electrons. The summed E-state index contributed by atoms with van der Waals surface area (Å²) in [6, 6.07) is 0.673. The van der Waals surface area contributed by atoms with Gasteiger partial charge in [-0.2, -0.15) is 0 Å². The van der Waals surface area contributed by atoms with Crippen LogP contribution in [-0.4, -0.2) is 31.2 Å². The number of allylic oxidation sites excluding steroid dienone is 5. The summed E-state index contributed by atoms with van der Waals surface area (Å²) in [5.74, 6) is 0.625. The van der Waals surface area contributed by atoms with Gasteiger partial charge in [-0.05, 0) is 88.7 Å². The second-order valence-corrected chi connectivity index (χ2v) is 10.7. The van der Waals surface area contributed by atoms with Crippen LogP contribution in [0.15, 0.2) is 36.5 Å². The Morgan fingerprint density at radius 2 is 1.97 bits per heavy atom. The summed E-state index contributed by atoms with van der Waals surface area (Å²) >= 11 is 0. The van der Waals surface area contributed by atoms with Gasteiger partial charge < -0.3 is 10.6 Å². The van der Waals surface area contributed by atoms with Crippen LogP contribution in [0.25, 0.3) is 0 Å². The molecule has 3 nitrogen and oxygen atoms in total. The molecular formula is C25H37FN2O. The largest absolute Gasteiger partial charge is 0.353 e. The first-order chi connectivity index (χ1) is 13.8. The Kier molecular flexibility index (Phi) is 5.52. The quantitative estimate of drug-likeness (QED) is 0.625. The van der Waals surface area contributed by atoms with Crippen LogP contribution in [0.3, 0.4) is 0 Å². The number of hydrogen-bond acceptors (Lipinski definition) is 2. The number of piperidine rings is 1. The van der Waals surface area contributed by atoms with Crippen LogP contribution in [-0.2, 0) is 4.79 Å². The Balaban J connectivity index is 1.60. The van der Waals surface area contributed by atoms with Gasteiger partial charge in [-0.3, -0.25) is 9.18 Å². The van der Waals surface area contributed by atoms with E-state index in [1.165, 1.54) is 0 Å². The van der Waals surface area contributed by atoms with Gasteiger partial charge in [0.1, 0.15) is 0 Å². The lowest BCUT2D eigenvalue weighted by Crippen LogP contribution is -2.63. The Labute approximate surface area is 175 Å². The van der Waals surface area contributed by atoms with E-state index in [9.17, 15) is 9.18 Å². The topological polar surface area (TPSA) is 41.1 Å². The fourth-order valence-electron chi connectivity index (χ4n) is 7.46. The minimum absolute atomic E-state index is 0.123. The predicted octanol–water partition coefficient (Wildman–Crippen LogP) is 4.86. The van der Waals surface area contributed by atoms with Crippen molar-refractivity contribution in [3.63, 3.8) is 0 Å². The van der Waals surface area contributed by atoms with Crippen LogP contribution in [0, 0.1) is 22.2 Å². The van der Waals surface area contributed by atoms with Crippen molar-refractivity contribution in [1.29, 1.82) is 0 Å². The van der Waals surface area contributed by atoms with E-state index in [1.807, 2.05) is 25.2 Å². The molecule has 1 saturated heterocycles. The lowest BCUT2D eigenvalue weighted by Gasteiger charge is -2.66. The minimum atomic E-state index is -0.420. The van der Waals surface area contributed by atoms with E-state index in [-0.39, 0.29) is 29.5 Å². The maximum absolute atomic E-state index is 14.4. The zero-order chi connectivity index (χ0) is 20.7. The molecule has 1 amide bonds. The molecule has 1 heterocycles. The second-order valence-electron chi connectivity index (χ2n) is 10.7. The van der Waals surface area contributed by atoms with Crippen molar-refractivity contribution in [2.45, 2.75) is 77.3 Å². The maximum Gasteiger partial charge on any atom is 0.226 e. The second kappa shape index (κ2) is 7.68. The van der Waals surface area contributed by atoms with Crippen molar-refractivity contribution in [3.05, 3.63) is 36.5 Å². The normalized spacial score (nSPS) is 43.9. The molecule has 0 radical (unpaired) electrons. The molecule has 5 fully saturated rings. The van der Waals surface area contributed by atoms with E-state index in [4.69, 9.17) is 0 Å². The summed E-state index contributed by atoms with van der Waals surface area (Å²) in [4.78, 5) is 13.6. The highest BCUT2D eigenvalue weighted by molar-refractivity contribution is 5.84. The first kappa shape index (κ1) is 20.8. The molecule has 4 heteroatoms. The van der Waals surface area contributed by atoms with Crippen molar-refractivity contribution < 1.29 is 9.18 Å². The number of nitrogens with one attached hydrogen (secondary N) is 2. The van der Waals surface area contributed by atoms with Gasteiger partial charge in [0.25, 0.3) is 0 Å². The third-order valence-corrected chi connectivity index (χ3v) is 8.19. The SMILES string of the molecule is C=C(/C=C\C=C/C)[C@]12CC3CC(C(=O)N[C@@H]4CCN[C@@H](C)C4)(C[C@](CF)(C3)C1)C2. The summed E-state index contributed by atoms with van der Waals surface area (Å²) in [5, 5.41) is 6.85. The average Bonchev–Trinajstić information content (AvgIpc) is 2.67. The first-order valence-corrected chi connectivity index (χ1v) is 11.4. The minimum Gasteiger partial charge on any atom is -0.353 e. The van der Waals surface area contributed by atoms with Gasteiger partial charge in [0.2, 0.25) is 5.91 Å². The summed E-state index contributed by atoms with van der Waals surface area (Å²) < 4.78 is 14.4. The average molecular weight is 401 g/mol. The van der Waals surface area contributed by atoms with Gasteiger partial charge in [0, 0.05) is 17.5 Å². The molecule has 1 aliphatic heterocycles. The molecule has 0 aromatic heterocycles. The number of carbonyl (C=O) groups excluding carboxylic acids is 1. The predicted molar refractivity (Wildman–Crippen MR) is 116 cm³/mol. The van der Waals surface area contributed by atoms with Gasteiger partial charge >= 0.3 is 0 Å². The number of alkyl halides is 1. The summed E-state index contributed by atoms with van der Waals surface area (Å²) in [7, 11) is 0. The first-order valence-electron chi connectivity index (χ1n) is 11.4. The van der Waals surface area contributed by atoms with Crippen LogP contribution < -0.4 is 10.6 Å². The van der Waals surface area contributed by atoms with Crippen LogP contribution in [0.1, 0.15) is 65.2 Å². The number of hydrogen-bond donors (Lipinski definition) is 2. The van der Waals surface area contributed by atoms with Crippen LogP contribution in [0.4, 0.5) is 4.39 Å².